The quantitative estimate of drug-likeness (QED) is 0.0680. The van der Waals surface area contributed by atoms with E-state index in [1.165, 1.54) is 24.3 Å². The van der Waals surface area contributed by atoms with E-state index in [9.17, 15) is 57.1 Å². The van der Waals surface area contributed by atoms with Gasteiger partial charge < -0.3 is 25.1 Å². The molecule has 0 aliphatic rings. The van der Waals surface area contributed by atoms with Crippen molar-refractivity contribution < 1.29 is 82.2 Å². The Balaban J connectivity index is 0.000000980. The summed E-state index contributed by atoms with van der Waals surface area (Å²) in [6, 6.07) is 12.7. The van der Waals surface area contributed by atoms with Crippen molar-refractivity contribution in [2.45, 2.75) is 45.3 Å². The highest BCUT2D eigenvalue weighted by atomic mass is 19.4. The Morgan fingerprint density at radius 3 is 1.15 bits per heavy atom. The van der Waals surface area contributed by atoms with Gasteiger partial charge in [0, 0.05) is 13.1 Å². The summed E-state index contributed by atoms with van der Waals surface area (Å²) in [7, 11) is 0. The van der Waals surface area contributed by atoms with Gasteiger partial charge in [-0.1, -0.05) is 24.3 Å². The molecule has 0 fully saturated rings. The minimum atomic E-state index is -5.19. The number of ether oxygens (including phenoxy) is 2. The maximum Gasteiger partial charge on any atom is 0.430 e. The van der Waals surface area contributed by atoms with Gasteiger partial charge in [0.05, 0.1) is 17.7 Å². The van der Waals surface area contributed by atoms with Crippen molar-refractivity contribution in [3.8, 4) is 11.5 Å². The highest BCUT2D eigenvalue weighted by molar-refractivity contribution is 5.70. The summed E-state index contributed by atoms with van der Waals surface area (Å²) in [6.45, 7) is 0.540. The van der Waals surface area contributed by atoms with E-state index in [-0.39, 0.29) is 11.5 Å². The summed E-state index contributed by atoms with van der Waals surface area (Å²) in [4.78, 5) is 10.9. The fourth-order valence-electron chi connectivity index (χ4n) is 4.49. The van der Waals surface area contributed by atoms with Crippen molar-refractivity contribution in [2.75, 3.05) is 13.1 Å². The number of alkyl halides is 3. The van der Waals surface area contributed by atoms with Crippen LogP contribution in [0.5, 0.6) is 11.5 Å². The molecule has 3 N–H and O–H groups in total. The van der Waals surface area contributed by atoms with Crippen LogP contribution in [0, 0.1) is 58.2 Å². The lowest BCUT2D eigenvalue weighted by atomic mass is 10.1. The molecular weight excluding hydrogens is 747 g/mol. The molecule has 4 aromatic rings. The van der Waals surface area contributed by atoms with E-state index in [2.05, 4.69) is 10.6 Å². The number of quaternary nitrogens is 1. The molecule has 4 aromatic carbocycles. The smallest absolute Gasteiger partial charge is 0.430 e. The lowest BCUT2D eigenvalue weighted by Gasteiger charge is -2.23. The zero-order valence-corrected chi connectivity index (χ0v) is 27.0. The first-order valence-corrected chi connectivity index (χ1v) is 15.1. The summed E-state index contributed by atoms with van der Waals surface area (Å²) >= 11 is 0. The second-order valence-electron chi connectivity index (χ2n) is 11.0. The van der Waals surface area contributed by atoms with Crippen molar-refractivity contribution in [1.29, 1.82) is 0 Å². The largest absolute Gasteiger partial charge is 0.542 e. The second kappa shape index (κ2) is 18.6. The monoisotopic (exact) mass is 774 g/mol. The normalized spacial score (nSPS) is 11.4. The topological polar surface area (TPSA) is 89.5 Å². The van der Waals surface area contributed by atoms with Crippen LogP contribution in [0.4, 0.5) is 57.1 Å². The van der Waals surface area contributed by atoms with E-state index in [0.717, 1.165) is 30.5 Å². The van der Waals surface area contributed by atoms with Crippen molar-refractivity contribution in [2.24, 2.45) is 0 Å². The van der Waals surface area contributed by atoms with Gasteiger partial charge in [-0.05, 0) is 54.8 Å². The van der Waals surface area contributed by atoms with E-state index in [0.29, 0.717) is 19.6 Å². The molecule has 0 aromatic heterocycles. The van der Waals surface area contributed by atoms with Crippen LogP contribution < -0.4 is 20.3 Å². The number of carbonyl (C=O) groups is 1. The van der Waals surface area contributed by atoms with Crippen molar-refractivity contribution in [1.82, 2.24) is 4.90 Å². The Kier molecular flexibility index (Phi) is 14.9. The first-order chi connectivity index (χ1) is 24.9. The molecule has 4 rings (SSSR count). The average Bonchev–Trinajstić information content (AvgIpc) is 3.12. The van der Waals surface area contributed by atoms with Crippen molar-refractivity contribution >= 4 is 5.97 Å². The van der Waals surface area contributed by atoms with Crippen molar-refractivity contribution in [3.63, 3.8) is 0 Å². The summed E-state index contributed by atoms with van der Waals surface area (Å²) in [6.07, 6.45) is -3.50. The molecule has 0 spiro atoms. The number of rotatable bonds is 14. The third-order valence-electron chi connectivity index (χ3n) is 7.23. The summed E-state index contributed by atoms with van der Waals surface area (Å²) in [5, 5.41) is 8.78. The molecule has 19 heteroatoms. The first kappa shape index (κ1) is 42.4. The predicted octanol–water partition coefficient (Wildman–Crippen LogP) is 6.56. The Bertz CT molecular complexity index is 1700. The Morgan fingerprint density at radius 1 is 0.566 bits per heavy atom. The molecule has 0 bridgehead atoms. The van der Waals surface area contributed by atoms with E-state index in [4.69, 9.17) is 19.4 Å². The second-order valence-corrected chi connectivity index (χ2v) is 11.0. The lowest BCUT2D eigenvalue weighted by Crippen LogP contribution is -2.50. The molecule has 0 heterocycles. The van der Waals surface area contributed by atoms with Gasteiger partial charge in [-0.2, -0.15) is 13.2 Å². The minimum absolute atomic E-state index is 0.137. The van der Waals surface area contributed by atoms with Gasteiger partial charge in [0.2, 0.25) is 11.6 Å². The minimum Gasteiger partial charge on any atom is -0.542 e. The van der Waals surface area contributed by atoms with E-state index in [1.54, 1.807) is 24.3 Å². The fourth-order valence-corrected chi connectivity index (χ4v) is 4.49. The number of benzene rings is 4. The Morgan fingerprint density at radius 2 is 0.868 bits per heavy atom. The SMILES string of the molecule is O=C([O-])C(F)(F)F.[NH3+]CCCCN(Cc1ccc(OCc2c(F)c(F)c(F)c(F)c2F)cc1)Cc1ccc(OCc2c(F)c(F)c(F)c(F)c2F)cc1. The number of carboxylic acids is 1. The molecule has 288 valence electrons. The van der Waals surface area contributed by atoms with Gasteiger partial charge in [0.25, 0.3) is 0 Å². The maximum atomic E-state index is 13.9. The summed E-state index contributed by atoms with van der Waals surface area (Å²) in [5.41, 5.74) is 3.29. The van der Waals surface area contributed by atoms with E-state index >= 15 is 0 Å². The summed E-state index contributed by atoms with van der Waals surface area (Å²) in [5.74, 6) is -23.3. The van der Waals surface area contributed by atoms with Crippen molar-refractivity contribution in [3.05, 3.63) is 129 Å². The number of carbonyl (C=O) groups excluding carboxylic acids is 1. The van der Waals surface area contributed by atoms with Crippen LogP contribution in [-0.4, -0.2) is 30.1 Å². The molecule has 0 amide bonds. The molecule has 0 saturated heterocycles. The summed E-state index contributed by atoms with van der Waals surface area (Å²) < 4.78 is 178. The molecule has 0 aliphatic heterocycles. The zero-order valence-electron chi connectivity index (χ0n) is 27.0. The molecule has 53 heavy (non-hydrogen) atoms. The van der Waals surface area contributed by atoms with Crippen LogP contribution in [0.25, 0.3) is 0 Å². The molecule has 0 saturated carbocycles. The van der Waals surface area contributed by atoms with Crippen LogP contribution in [0.1, 0.15) is 35.1 Å². The number of unbranched alkanes of at least 4 members (excludes halogenated alkanes) is 1. The molecule has 0 atom stereocenters. The van der Waals surface area contributed by atoms with Crippen LogP contribution in [0.15, 0.2) is 48.5 Å². The number of halogens is 13. The van der Waals surface area contributed by atoms with Gasteiger partial charge in [-0.15, -0.1) is 0 Å². The highest BCUT2D eigenvalue weighted by Gasteiger charge is 2.29. The maximum absolute atomic E-state index is 13.9. The third kappa shape index (κ3) is 11.2. The van der Waals surface area contributed by atoms with Gasteiger partial charge in [-0.3, -0.25) is 4.90 Å². The van der Waals surface area contributed by atoms with Gasteiger partial charge >= 0.3 is 6.18 Å². The van der Waals surface area contributed by atoms with Gasteiger partial charge in [0.1, 0.15) is 30.7 Å². The molecule has 0 unspecified atom stereocenters. The first-order valence-electron chi connectivity index (χ1n) is 15.1. The van der Waals surface area contributed by atoms with Crippen LogP contribution in [0.3, 0.4) is 0 Å². The molecule has 0 aliphatic carbocycles. The van der Waals surface area contributed by atoms with Crippen LogP contribution in [0.2, 0.25) is 0 Å². The number of hydrogen-bond acceptors (Lipinski definition) is 5. The number of carboxylic acid groups (broad SMARTS) is 1. The Hall–Kier alpha value is -5.04. The molecule has 0 radical (unpaired) electrons. The standard InChI is InChI=1S/C32H26F10N2O2.C2HF3O2/c33-23-21(24(34)28(38)31(41)27(23)37)15-45-19-7-3-17(4-8-19)13-44(12-2-1-11-43)14-18-5-9-20(10-6-18)46-16-22-25(35)29(39)32(42)30(40)26(22)36;3-2(4,5)1(6)7/h3-10H,1-2,11-16,43H2;(H,6,7). The van der Waals surface area contributed by atoms with Crippen LogP contribution >= 0.6 is 0 Å². The number of aliphatic carboxylic acids is 1. The predicted molar refractivity (Wildman–Crippen MR) is 156 cm³/mol. The third-order valence-corrected chi connectivity index (χ3v) is 7.23. The van der Waals surface area contributed by atoms with E-state index in [1.807, 2.05) is 0 Å². The highest BCUT2D eigenvalue weighted by Crippen LogP contribution is 2.27. The Labute approximate surface area is 292 Å². The number of nitrogens with zero attached hydrogens (tertiary/aromatic N) is 1. The molecule has 6 nitrogen and oxygen atoms in total. The zero-order chi connectivity index (χ0) is 39.6. The lowest BCUT2D eigenvalue weighted by molar-refractivity contribution is -0.368. The number of hydrogen-bond donors (Lipinski definition) is 1. The van der Waals surface area contributed by atoms with E-state index < -0.39 is 94.7 Å². The van der Waals surface area contributed by atoms with Crippen LogP contribution in [-0.2, 0) is 31.1 Å². The average molecular weight is 775 g/mol. The van der Waals surface area contributed by atoms with Gasteiger partial charge in [-0.25, -0.2) is 43.9 Å². The van der Waals surface area contributed by atoms with Gasteiger partial charge in [0.15, 0.2) is 46.5 Å². The fraction of sp³-hybridized carbons (Fsp3) is 0.265. The molecular formula is C34H27F13N2O4.